The van der Waals surface area contributed by atoms with E-state index >= 15 is 0 Å². The molecule has 0 bridgehead atoms. The first-order chi connectivity index (χ1) is 3.15. The third kappa shape index (κ3) is 1.20. The van der Waals surface area contributed by atoms with Gasteiger partial charge < -0.3 is 0 Å². The van der Waals surface area contributed by atoms with Crippen LogP contribution < -0.4 is 6.15 Å². The van der Waals surface area contributed by atoms with Gasteiger partial charge in [-0.25, -0.2) is 0 Å². The van der Waals surface area contributed by atoms with Crippen molar-refractivity contribution in [1.29, 1.82) is 0 Å². The van der Waals surface area contributed by atoms with Gasteiger partial charge in [-0.15, -0.1) is 0 Å². The van der Waals surface area contributed by atoms with Gasteiger partial charge in [0.15, 0.2) is 0 Å². The van der Waals surface area contributed by atoms with Crippen molar-refractivity contribution in [2.24, 2.45) is 5.41 Å². The van der Waals surface area contributed by atoms with Crippen LogP contribution in [0.15, 0.2) is 0 Å². The van der Waals surface area contributed by atoms with Crippen molar-refractivity contribution in [2.75, 3.05) is 0 Å². The second-order valence-corrected chi connectivity index (χ2v) is 2.68. The number of carbonyl (C=O) groups excluding carboxylic acids is 1. The summed E-state index contributed by atoms with van der Waals surface area (Å²) in [5, 5.41) is -0.174. The Bertz CT molecular complexity index is 109. The number of halogens is 1. The molecule has 0 N–H and O–H groups in total. The van der Waals surface area contributed by atoms with Crippen LogP contribution in [0.5, 0.6) is 0 Å². The van der Waals surface area contributed by atoms with Gasteiger partial charge in [0.2, 0.25) is 5.24 Å². The molecule has 0 aromatic rings. The van der Waals surface area contributed by atoms with E-state index < -0.39 is 0 Å². The zero-order valence-electron chi connectivity index (χ0n) is 4.65. The smallest absolute Gasteiger partial charge is 0.227 e. The number of hydrogen-bond donors (Lipinski definition) is 0. The summed E-state index contributed by atoms with van der Waals surface area (Å²) in [5.41, 5.74) is -0.123. The van der Waals surface area contributed by atoms with E-state index in [9.17, 15) is 4.79 Å². The monoisotopic (exact) mass is 132 g/mol. The molecule has 0 aromatic heterocycles. The van der Waals surface area contributed by atoms with Crippen molar-refractivity contribution >= 4 is 16.8 Å². The van der Waals surface area contributed by atoms with Gasteiger partial charge in [0.05, 0.1) is 0 Å². The SMILES string of the molecule is CC1(C(=O)Cl)CC1.[N]. The van der Waals surface area contributed by atoms with Gasteiger partial charge in [-0.05, 0) is 24.4 Å². The predicted octanol–water partition coefficient (Wildman–Crippen LogP) is 1.07. The molecule has 0 unspecified atom stereocenters. The molecule has 0 aliphatic heterocycles. The fourth-order valence-corrected chi connectivity index (χ4v) is 0.573. The molecule has 3 heteroatoms. The molecule has 0 atom stereocenters. The number of carbonyl (C=O) groups is 1. The van der Waals surface area contributed by atoms with E-state index in [1.165, 1.54) is 0 Å². The Kier molecular flexibility index (Phi) is 2.01. The minimum absolute atomic E-state index is 0. The van der Waals surface area contributed by atoms with Crippen molar-refractivity contribution in [3.8, 4) is 0 Å². The van der Waals surface area contributed by atoms with E-state index in [1.807, 2.05) is 6.92 Å². The van der Waals surface area contributed by atoms with Gasteiger partial charge >= 0.3 is 0 Å². The van der Waals surface area contributed by atoms with Crippen LogP contribution in [0.2, 0.25) is 0 Å². The van der Waals surface area contributed by atoms with Gasteiger partial charge in [-0.1, -0.05) is 6.92 Å². The van der Waals surface area contributed by atoms with Crippen molar-refractivity contribution in [3.05, 3.63) is 0 Å². The summed E-state index contributed by atoms with van der Waals surface area (Å²) in [4.78, 5) is 10.3. The van der Waals surface area contributed by atoms with Crippen LogP contribution in [0.4, 0.5) is 0 Å². The summed E-state index contributed by atoms with van der Waals surface area (Å²) in [6, 6.07) is 0. The van der Waals surface area contributed by atoms with Crippen LogP contribution in [-0.4, -0.2) is 5.24 Å². The zero-order valence-corrected chi connectivity index (χ0v) is 5.40. The largest absolute Gasteiger partial charge is 0.281 e. The lowest BCUT2D eigenvalue weighted by Crippen LogP contribution is -2.01. The molecule has 8 heavy (non-hydrogen) atoms. The molecular formula is C5H7ClNO. The van der Waals surface area contributed by atoms with Gasteiger partial charge in [0.1, 0.15) is 0 Å². The van der Waals surface area contributed by atoms with Crippen LogP contribution in [0.3, 0.4) is 0 Å². The molecule has 1 aliphatic carbocycles. The summed E-state index contributed by atoms with van der Waals surface area (Å²) in [6.07, 6.45) is 1.96. The molecule has 0 amide bonds. The fourth-order valence-electron chi connectivity index (χ4n) is 0.384. The molecule has 45 valence electrons. The third-order valence-electron chi connectivity index (χ3n) is 1.47. The molecule has 0 aromatic carbocycles. The highest BCUT2D eigenvalue weighted by Gasteiger charge is 2.43. The lowest BCUT2D eigenvalue weighted by molar-refractivity contribution is -0.115. The normalized spacial score (nSPS) is 21.2. The average molecular weight is 133 g/mol. The highest BCUT2D eigenvalue weighted by Crippen LogP contribution is 2.46. The van der Waals surface area contributed by atoms with Crippen molar-refractivity contribution in [1.82, 2.24) is 6.15 Å². The minimum atomic E-state index is -0.174. The lowest BCUT2D eigenvalue weighted by Gasteiger charge is -1.93. The van der Waals surface area contributed by atoms with E-state index in [0.717, 1.165) is 12.8 Å². The molecule has 2 nitrogen and oxygen atoms in total. The molecule has 0 saturated heterocycles. The predicted molar refractivity (Wildman–Crippen MR) is 30.3 cm³/mol. The Balaban J connectivity index is 0.000000490. The molecule has 1 fully saturated rings. The van der Waals surface area contributed by atoms with E-state index in [0.29, 0.717) is 0 Å². The summed E-state index contributed by atoms with van der Waals surface area (Å²) < 4.78 is 0. The molecule has 3 radical (unpaired) electrons. The zero-order chi connectivity index (χ0) is 5.49. The second kappa shape index (κ2) is 2.03. The van der Waals surface area contributed by atoms with E-state index in [-0.39, 0.29) is 16.8 Å². The first-order valence-corrected chi connectivity index (χ1v) is 2.73. The maximum Gasteiger partial charge on any atom is 0.227 e. The lowest BCUT2D eigenvalue weighted by atomic mass is 10.2. The Morgan fingerprint density at radius 2 is 2.00 bits per heavy atom. The molecule has 1 saturated carbocycles. The quantitative estimate of drug-likeness (QED) is 0.493. The maximum atomic E-state index is 10.3. The Morgan fingerprint density at radius 1 is 1.62 bits per heavy atom. The van der Waals surface area contributed by atoms with Crippen molar-refractivity contribution in [2.45, 2.75) is 19.8 Å². The summed E-state index contributed by atoms with van der Waals surface area (Å²) in [7, 11) is 0. The van der Waals surface area contributed by atoms with Crippen LogP contribution >= 0.6 is 11.6 Å². The Labute approximate surface area is 53.8 Å². The van der Waals surface area contributed by atoms with Gasteiger partial charge in [-0.2, -0.15) is 0 Å². The van der Waals surface area contributed by atoms with Crippen molar-refractivity contribution in [3.63, 3.8) is 0 Å². The minimum Gasteiger partial charge on any atom is -0.281 e. The highest BCUT2D eigenvalue weighted by atomic mass is 35.5. The Morgan fingerprint density at radius 3 is 2.00 bits per heavy atom. The van der Waals surface area contributed by atoms with Crippen LogP contribution in [-0.2, 0) is 4.79 Å². The topological polar surface area (TPSA) is 47.6 Å². The summed E-state index contributed by atoms with van der Waals surface area (Å²) in [6.45, 7) is 1.89. The maximum absolute atomic E-state index is 10.3. The molecule has 0 spiro atoms. The number of hydrogen-bond acceptors (Lipinski definition) is 1. The van der Waals surface area contributed by atoms with Gasteiger partial charge in [-0.3, -0.25) is 4.79 Å². The Hall–Kier alpha value is -0.0800. The molecular weight excluding hydrogens is 126 g/mol. The second-order valence-electron chi connectivity index (χ2n) is 2.33. The summed E-state index contributed by atoms with van der Waals surface area (Å²) in [5.74, 6) is 0. The first kappa shape index (κ1) is 7.92. The summed E-state index contributed by atoms with van der Waals surface area (Å²) >= 11 is 5.18. The molecule has 1 rings (SSSR count). The average Bonchev–Trinajstić information content (AvgIpc) is 2.21. The van der Waals surface area contributed by atoms with Gasteiger partial charge in [0.25, 0.3) is 0 Å². The van der Waals surface area contributed by atoms with Crippen molar-refractivity contribution < 1.29 is 4.79 Å². The van der Waals surface area contributed by atoms with E-state index in [2.05, 4.69) is 0 Å². The molecule has 0 heterocycles. The number of nitrogens with zero attached hydrogens (tertiary/aromatic N) is 1. The van der Waals surface area contributed by atoms with Gasteiger partial charge in [0, 0.05) is 11.6 Å². The number of rotatable bonds is 1. The van der Waals surface area contributed by atoms with Crippen LogP contribution in [0.25, 0.3) is 0 Å². The fraction of sp³-hybridized carbons (Fsp3) is 0.800. The third-order valence-corrected chi connectivity index (χ3v) is 1.93. The molecule has 1 aliphatic rings. The van der Waals surface area contributed by atoms with Crippen LogP contribution in [0, 0.1) is 5.41 Å². The first-order valence-electron chi connectivity index (χ1n) is 2.35. The highest BCUT2D eigenvalue weighted by molar-refractivity contribution is 6.65. The van der Waals surface area contributed by atoms with Crippen LogP contribution in [0.1, 0.15) is 19.8 Å². The van der Waals surface area contributed by atoms with E-state index in [1.54, 1.807) is 0 Å². The standard InChI is InChI=1S/C5H7ClO.N/c1-5(2-3-5)4(6)7;/h2-3H2,1H3;. The van der Waals surface area contributed by atoms with E-state index in [4.69, 9.17) is 11.6 Å².